The average molecular weight is 314 g/mol. The standard InChI is InChI=1S/C17H18N2O4/c1-4-8-19-11(3)15(10(2)17(18)22)16-12(19)6-5-7-13(16)23-9-14(20)21/h4-7H,1-2,8-9H2,3H3,(H2,18,22)(H,20,21). The zero-order valence-electron chi connectivity index (χ0n) is 12.8. The molecule has 120 valence electrons. The first kappa shape index (κ1) is 16.4. The van der Waals surface area contributed by atoms with Gasteiger partial charge in [0.2, 0.25) is 5.91 Å². The molecule has 0 fully saturated rings. The van der Waals surface area contributed by atoms with Gasteiger partial charge in [0.1, 0.15) is 5.75 Å². The molecule has 0 bridgehead atoms. The maximum atomic E-state index is 11.6. The summed E-state index contributed by atoms with van der Waals surface area (Å²) in [4.78, 5) is 22.4. The van der Waals surface area contributed by atoms with Gasteiger partial charge >= 0.3 is 5.97 Å². The summed E-state index contributed by atoms with van der Waals surface area (Å²) >= 11 is 0. The van der Waals surface area contributed by atoms with E-state index in [0.29, 0.717) is 23.2 Å². The lowest BCUT2D eigenvalue weighted by Crippen LogP contribution is -2.13. The van der Waals surface area contributed by atoms with Crippen LogP contribution in [0.1, 0.15) is 11.3 Å². The minimum Gasteiger partial charge on any atom is -0.481 e. The van der Waals surface area contributed by atoms with Crippen molar-refractivity contribution in [1.29, 1.82) is 0 Å². The number of primary amides is 1. The lowest BCUT2D eigenvalue weighted by molar-refractivity contribution is -0.139. The molecule has 0 saturated heterocycles. The predicted molar refractivity (Wildman–Crippen MR) is 88.2 cm³/mol. The van der Waals surface area contributed by atoms with Gasteiger partial charge in [-0.15, -0.1) is 6.58 Å². The minimum absolute atomic E-state index is 0.154. The largest absolute Gasteiger partial charge is 0.481 e. The number of nitrogens with two attached hydrogens (primary N) is 1. The van der Waals surface area contributed by atoms with E-state index in [2.05, 4.69) is 13.2 Å². The lowest BCUT2D eigenvalue weighted by Gasteiger charge is -2.08. The Kier molecular flexibility index (Phi) is 4.55. The summed E-state index contributed by atoms with van der Waals surface area (Å²) in [6, 6.07) is 5.27. The van der Waals surface area contributed by atoms with Crippen LogP contribution in [-0.4, -0.2) is 28.2 Å². The molecule has 1 heterocycles. The number of amides is 1. The third-order valence-electron chi connectivity index (χ3n) is 3.57. The number of carboxylic acids is 1. The van der Waals surface area contributed by atoms with Crippen molar-refractivity contribution < 1.29 is 19.4 Å². The highest BCUT2D eigenvalue weighted by atomic mass is 16.5. The zero-order chi connectivity index (χ0) is 17.1. The second kappa shape index (κ2) is 6.39. The third-order valence-corrected chi connectivity index (χ3v) is 3.57. The third kappa shape index (κ3) is 2.96. The molecule has 0 aliphatic rings. The Balaban J connectivity index is 2.77. The first-order valence-electron chi connectivity index (χ1n) is 6.94. The summed E-state index contributed by atoms with van der Waals surface area (Å²) < 4.78 is 7.31. The highest BCUT2D eigenvalue weighted by molar-refractivity contribution is 6.22. The fraction of sp³-hybridized carbons (Fsp3) is 0.176. The van der Waals surface area contributed by atoms with Gasteiger partial charge < -0.3 is 20.1 Å². The minimum atomic E-state index is -1.08. The van der Waals surface area contributed by atoms with E-state index in [4.69, 9.17) is 15.6 Å². The van der Waals surface area contributed by atoms with E-state index < -0.39 is 18.5 Å². The Labute approximate surface area is 133 Å². The quantitative estimate of drug-likeness (QED) is 0.604. The van der Waals surface area contributed by atoms with E-state index in [0.717, 1.165) is 11.2 Å². The molecule has 0 unspecified atom stereocenters. The van der Waals surface area contributed by atoms with E-state index in [-0.39, 0.29) is 5.57 Å². The normalized spacial score (nSPS) is 10.5. The molecule has 3 N–H and O–H groups in total. The van der Waals surface area contributed by atoms with E-state index in [1.165, 1.54) is 0 Å². The van der Waals surface area contributed by atoms with Gasteiger partial charge in [0.05, 0.1) is 10.9 Å². The van der Waals surface area contributed by atoms with Crippen LogP contribution in [-0.2, 0) is 16.1 Å². The monoisotopic (exact) mass is 314 g/mol. The van der Waals surface area contributed by atoms with Crippen LogP contribution in [0.2, 0.25) is 0 Å². The first-order chi connectivity index (χ1) is 10.9. The van der Waals surface area contributed by atoms with Crippen LogP contribution in [0, 0.1) is 6.92 Å². The Morgan fingerprint density at radius 2 is 2.13 bits per heavy atom. The Bertz CT molecular complexity index is 818. The topological polar surface area (TPSA) is 94.5 Å². The van der Waals surface area contributed by atoms with Gasteiger partial charge in [-0.3, -0.25) is 4.79 Å². The van der Waals surface area contributed by atoms with Crippen LogP contribution in [0.4, 0.5) is 0 Å². The maximum Gasteiger partial charge on any atom is 0.341 e. The van der Waals surface area contributed by atoms with Gasteiger partial charge in [0, 0.05) is 23.4 Å². The van der Waals surface area contributed by atoms with Crippen LogP contribution in [0.3, 0.4) is 0 Å². The number of fused-ring (bicyclic) bond motifs is 1. The molecule has 6 nitrogen and oxygen atoms in total. The fourth-order valence-electron chi connectivity index (χ4n) is 2.61. The van der Waals surface area contributed by atoms with Gasteiger partial charge in [-0.2, -0.15) is 0 Å². The molecular formula is C17H18N2O4. The molecule has 0 spiro atoms. The number of carbonyl (C=O) groups excluding carboxylic acids is 1. The molecule has 1 aromatic heterocycles. The highest BCUT2D eigenvalue weighted by Crippen LogP contribution is 2.37. The van der Waals surface area contributed by atoms with Gasteiger partial charge in [-0.25, -0.2) is 4.79 Å². The summed E-state index contributed by atoms with van der Waals surface area (Å²) in [5.74, 6) is -1.36. The number of aromatic nitrogens is 1. The van der Waals surface area contributed by atoms with Crippen LogP contribution >= 0.6 is 0 Å². The van der Waals surface area contributed by atoms with Gasteiger partial charge in [0.25, 0.3) is 0 Å². The molecule has 0 aliphatic carbocycles. The van der Waals surface area contributed by atoms with E-state index in [9.17, 15) is 9.59 Å². The number of nitrogens with zero attached hydrogens (tertiary/aromatic N) is 1. The molecule has 6 heteroatoms. The van der Waals surface area contributed by atoms with Gasteiger partial charge in [0.15, 0.2) is 6.61 Å². The van der Waals surface area contributed by atoms with Crippen LogP contribution < -0.4 is 10.5 Å². The summed E-state index contributed by atoms with van der Waals surface area (Å²) in [5, 5.41) is 9.44. The molecular weight excluding hydrogens is 296 g/mol. The van der Waals surface area contributed by atoms with Crippen molar-refractivity contribution in [3.63, 3.8) is 0 Å². The molecule has 1 amide bonds. The number of hydrogen-bond donors (Lipinski definition) is 2. The number of ether oxygens (including phenoxy) is 1. The van der Waals surface area contributed by atoms with E-state index >= 15 is 0 Å². The summed E-state index contributed by atoms with van der Waals surface area (Å²) in [6.07, 6.45) is 1.73. The molecule has 0 saturated carbocycles. The Morgan fingerprint density at radius 1 is 1.43 bits per heavy atom. The smallest absolute Gasteiger partial charge is 0.341 e. The second-order valence-electron chi connectivity index (χ2n) is 5.04. The summed E-state index contributed by atoms with van der Waals surface area (Å²) in [5.41, 5.74) is 7.68. The molecule has 2 aromatic rings. The Morgan fingerprint density at radius 3 is 2.70 bits per heavy atom. The molecule has 0 radical (unpaired) electrons. The van der Waals surface area contributed by atoms with Crippen molar-refractivity contribution in [2.45, 2.75) is 13.5 Å². The highest BCUT2D eigenvalue weighted by Gasteiger charge is 2.21. The number of benzene rings is 1. The number of allylic oxidation sites excluding steroid dienone is 1. The van der Waals surface area contributed by atoms with E-state index in [1.54, 1.807) is 18.2 Å². The van der Waals surface area contributed by atoms with Crippen molar-refractivity contribution in [3.05, 3.63) is 48.7 Å². The van der Waals surface area contributed by atoms with Crippen molar-refractivity contribution in [3.8, 4) is 5.75 Å². The number of aliphatic carboxylic acids is 1. The second-order valence-corrected chi connectivity index (χ2v) is 5.04. The van der Waals surface area contributed by atoms with Gasteiger partial charge in [-0.05, 0) is 19.1 Å². The molecule has 1 aromatic carbocycles. The average Bonchev–Trinajstić information content (AvgIpc) is 2.78. The zero-order valence-corrected chi connectivity index (χ0v) is 12.8. The first-order valence-corrected chi connectivity index (χ1v) is 6.94. The van der Waals surface area contributed by atoms with E-state index in [1.807, 2.05) is 17.6 Å². The van der Waals surface area contributed by atoms with Gasteiger partial charge in [-0.1, -0.05) is 18.7 Å². The predicted octanol–water partition coefficient (Wildman–Crippen LogP) is 2.10. The maximum absolute atomic E-state index is 11.6. The summed E-state index contributed by atoms with van der Waals surface area (Å²) in [6.45, 7) is 9.38. The van der Waals surface area contributed by atoms with Crippen molar-refractivity contribution >= 4 is 28.4 Å². The SMILES string of the molecule is C=CCn1c(C)c(C(=C)C(N)=O)c2c(OCC(=O)O)cccc21. The van der Waals surface area contributed by atoms with Crippen molar-refractivity contribution in [2.24, 2.45) is 5.73 Å². The summed E-state index contributed by atoms with van der Waals surface area (Å²) in [7, 11) is 0. The van der Waals surface area contributed by atoms with Crippen molar-refractivity contribution in [2.75, 3.05) is 6.61 Å². The Hall–Kier alpha value is -3.02. The number of carbonyl (C=O) groups is 2. The molecule has 0 aliphatic heterocycles. The molecule has 2 rings (SSSR count). The molecule has 0 atom stereocenters. The molecule has 23 heavy (non-hydrogen) atoms. The number of rotatable bonds is 7. The fourth-order valence-corrected chi connectivity index (χ4v) is 2.61. The van der Waals surface area contributed by atoms with Crippen LogP contribution in [0.5, 0.6) is 5.75 Å². The number of carboxylic acid groups (broad SMARTS) is 1. The van der Waals surface area contributed by atoms with Crippen LogP contribution in [0.25, 0.3) is 16.5 Å². The lowest BCUT2D eigenvalue weighted by atomic mass is 10.0. The van der Waals surface area contributed by atoms with Crippen LogP contribution in [0.15, 0.2) is 37.4 Å². The van der Waals surface area contributed by atoms with Crippen molar-refractivity contribution in [1.82, 2.24) is 4.57 Å². The number of hydrogen-bond acceptors (Lipinski definition) is 3.